The number of hydrogen-bond donors (Lipinski definition) is 3. The Bertz CT molecular complexity index is 967. The second-order valence-electron chi connectivity index (χ2n) is 5.94. The Kier molecular flexibility index (Phi) is 4.70. The van der Waals surface area contributed by atoms with Crippen molar-refractivity contribution in [2.75, 3.05) is 29.6 Å². The second-order valence-corrected chi connectivity index (χ2v) is 5.94. The van der Waals surface area contributed by atoms with Gasteiger partial charge in [-0.05, 0) is 36.4 Å². The number of pyridine rings is 1. The lowest BCUT2D eigenvalue weighted by Gasteiger charge is -2.14. The number of rotatable bonds is 4. The molecule has 1 aromatic heterocycles. The summed E-state index contributed by atoms with van der Waals surface area (Å²) in [4.78, 5) is 30.0. The van der Waals surface area contributed by atoms with Crippen LogP contribution in [0.3, 0.4) is 0 Å². The zero-order chi connectivity index (χ0) is 18.7. The van der Waals surface area contributed by atoms with E-state index in [-0.39, 0.29) is 6.03 Å². The molecule has 2 aromatic carbocycles. The third kappa shape index (κ3) is 3.56. The summed E-state index contributed by atoms with van der Waals surface area (Å²) in [7, 11) is 3.90. The predicted molar refractivity (Wildman–Crippen MR) is 104 cm³/mol. The number of nitrogens with one attached hydrogen (secondary N) is 2. The van der Waals surface area contributed by atoms with Gasteiger partial charge in [-0.1, -0.05) is 12.1 Å². The van der Waals surface area contributed by atoms with Crippen molar-refractivity contribution in [2.24, 2.45) is 5.73 Å². The summed E-state index contributed by atoms with van der Waals surface area (Å²) in [5, 5.41) is 6.20. The van der Waals surface area contributed by atoms with E-state index in [1.165, 1.54) is 6.20 Å². The Labute approximate surface area is 150 Å². The number of para-hydroxylation sites is 1. The zero-order valence-corrected chi connectivity index (χ0v) is 14.5. The highest BCUT2D eigenvalue weighted by Gasteiger charge is 2.12. The molecule has 4 N–H and O–H groups in total. The maximum Gasteiger partial charge on any atom is 0.323 e. The molecule has 3 rings (SSSR count). The Hall–Kier alpha value is -3.61. The molecule has 132 valence electrons. The molecule has 0 aliphatic carbocycles. The summed E-state index contributed by atoms with van der Waals surface area (Å²) in [6.07, 6.45) is 1.52. The Morgan fingerprint density at radius 3 is 2.38 bits per heavy atom. The molecular formula is C19H19N5O2. The molecular weight excluding hydrogens is 330 g/mol. The highest BCUT2D eigenvalue weighted by Crippen LogP contribution is 2.24. The average molecular weight is 349 g/mol. The minimum absolute atomic E-state index is 0.311. The minimum Gasteiger partial charge on any atom is -0.378 e. The second kappa shape index (κ2) is 7.10. The Balaban J connectivity index is 1.81. The van der Waals surface area contributed by atoms with Gasteiger partial charge in [0.1, 0.15) is 0 Å². The first-order valence-electron chi connectivity index (χ1n) is 7.98. The van der Waals surface area contributed by atoms with Crippen LogP contribution >= 0.6 is 0 Å². The van der Waals surface area contributed by atoms with Crippen LogP contribution in [0.15, 0.2) is 54.7 Å². The van der Waals surface area contributed by atoms with Gasteiger partial charge >= 0.3 is 6.03 Å². The summed E-state index contributed by atoms with van der Waals surface area (Å²) in [5.41, 5.74) is 8.40. The fourth-order valence-electron chi connectivity index (χ4n) is 2.61. The van der Waals surface area contributed by atoms with Gasteiger partial charge in [0.2, 0.25) is 0 Å². The molecule has 7 heteroatoms. The van der Waals surface area contributed by atoms with E-state index in [1.54, 1.807) is 24.3 Å². The fraction of sp³-hybridized carbons (Fsp3) is 0.105. The third-order valence-electron chi connectivity index (χ3n) is 3.93. The van der Waals surface area contributed by atoms with Crippen molar-refractivity contribution in [1.82, 2.24) is 4.98 Å². The summed E-state index contributed by atoms with van der Waals surface area (Å²) in [6, 6.07) is 13.8. The van der Waals surface area contributed by atoms with Gasteiger partial charge in [-0.15, -0.1) is 0 Å². The molecule has 0 radical (unpaired) electrons. The smallest absolute Gasteiger partial charge is 0.323 e. The van der Waals surface area contributed by atoms with Gasteiger partial charge in [0.15, 0.2) is 0 Å². The number of primary amides is 1. The maximum absolute atomic E-state index is 12.3. The molecule has 3 amide bonds. The molecule has 0 aliphatic heterocycles. The first-order valence-corrected chi connectivity index (χ1v) is 7.98. The largest absolute Gasteiger partial charge is 0.378 e. The van der Waals surface area contributed by atoms with Crippen LogP contribution in [0.1, 0.15) is 10.4 Å². The van der Waals surface area contributed by atoms with E-state index in [2.05, 4.69) is 15.6 Å². The number of aromatic nitrogens is 1. The molecule has 0 atom stereocenters. The lowest BCUT2D eigenvalue weighted by molar-refractivity contribution is 0.100. The molecule has 0 saturated carbocycles. The van der Waals surface area contributed by atoms with Crippen molar-refractivity contribution < 1.29 is 9.59 Å². The van der Waals surface area contributed by atoms with Crippen LogP contribution in [0.2, 0.25) is 0 Å². The zero-order valence-electron chi connectivity index (χ0n) is 14.5. The van der Waals surface area contributed by atoms with Gasteiger partial charge in [-0.2, -0.15) is 0 Å². The van der Waals surface area contributed by atoms with Crippen molar-refractivity contribution in [3.8, 4) is 0 Å². The molecule has 0 fully saturated rings. The molecule has 0 bridgehead atoms. The van der Waals surface area contributed by atoms with Gasteiger partial charge in [0.05, 0.1) is 16.8 Å². The standard InChI is InChI=1S/C19H19N5O2/c1-24(2)13-8-6-12(7-9-13)22-19(26)23-16-10-11-21-17-14(16)4-3-5-15(17)18(20)25/h3-11H,1-2H3,(H2,20,25)(H2,21,22,23,26). The number of urea groups is 1. The predicted octanol–water partition coefficient (Wildman–Crippen LogP) is 3.04. The van der Waals surface area contributed by atoms with Crippen LogP contribution in [-0.4, -0.2) is 31.0 Å². The number of benzene rings is 2. The summed E-state index contributed by atoms with van der Waals surface area (Å²) < 4.78 is 0. The van der Waals surface area contributed by atoms with Crippen LogP contribution in [0, 0.1) is 0 Å². The summed E-state index contributed by atoms with van der Waals surface area (Å²) >= 11 is 0. The number of hydrogen-bond acceptors (Lipinski definition) is 4. The van der Waals surface area contributed by atoms with Gasteiger partial charge in [0.25, 0.3) is 5.91 Å². The molecule has 7 nitrogen and oxygen atoms in total. The summed E-state index contributed by atoms with van der Waals surface area (Å²) in [6.45, 7) is 0. The molecule has 1 heterocycles. The third-order valence-corrected chi connectivity index (χ3v) is 3.93. The number of anilines is 3. The molecule has 0 aliphatic rings. The highest BCUT2D eigenvalue weighted by molar-refractivity contribution is 6.10. The molecule has 0 saturated heterocycles. The Morgan fingerprint density at radius 2 is 1.73 bits per heavy atom. The first-order chi connectivity index (χ1) is 12.5. The van der Waals surface area contributed by atoms with E-state index in [1.807, 2.05) is 43.3 Å². The van der Waals surface area contributed by atoms with Crippen LogP contribution in [0.5, 0.6) is 0 Å². The van der Waals surface area contributed by atoms with Crippen molar-refractivity contribution in [3.63, 3.8) is 0 Å². The quantitative estimate of drug-likeness (QED) is 0.674. The van der Waals surface area contributed by atoms with Crippen LogP contribution in [-0.2, 0) is 0 Å². The van der Waals surface area contributed by atoms with Gasteiger partial charge in [-0.3, -0.25) is 9.78 Å². The number of carbonyl (C=O) groups excluding carboxylic acids is 2. The normalized spacial score (nSPS) is 10.4. The van der Waals surface area contributed by atoms with Gasteiger partial charge in [0, 0.05) is 37.1 Å². The highest BCUT2D eigenvalue weighted by atomic mass is 16.2. The fourth-order valence-corrected chi connectivity index (χ4v) is 2.61. The van der Waals surface area contributed by atoms with Crippen LogP contribution in [0.25, 0.3) is 10.9 Å². The van der Waals surface area contributed by atoms with E-state index in [4.69, 9.17) is 5.73 Å². The van der Waals surface area contributed by atoms with E-state index in [9.17, 15) is 9.59 Å². The number of amides is 3. The van der Waals surface area contributed by atoms with E-state index < -0.39 is 5.91 Å². The first kappa shape index (κ1) is 17.2. The lowest BCUT2D eigenvalue weighted by Crippen LogP contribution is -2.20. The van der Waals surface area contributed by atoms with E-state index in [0.717, 1.165) is 5.69 Å². The van der Waals surface area contributed by atoms with E-state index >= 15 is 0 Å². The SMILES string of the molecule is CN(C)c1ccc(NC(=O)Nc2ccnc3c(C(N)=O)cccc23)cc1. The van der Waals surface area contributed by atoms with Crippen LogP contribution in [0.4, 0.5) is 21.9 Å². The van der Waals surface area contributed by atoms with Crippen molar-refractivity contribution in [2.45, 2.75) is 0 Å². The maximum atomic E-state index is 12.3. The number of nitrogens with zero attached hydrogens (tertiary/aromatic N) is 2. The number of fused-ring (bicyclic) bond motifs is 1. The summed E-state index contributed by atoms with van der Waals surface area (Å²) in [5.74, 6) is -0.564. The minimum atomic E-state index is -0.564. The van der Waals surface area contributed by atoms with Gasteiger partial charge < -0.3 is 21.3 Å². The van der Waals surface area contributed by atoms with Crippen molar-refractivity contribution >= 4 is 39.9 Å². The topological polar surface area (TPSA) is 100 Å². The average Bonchev–Trinajstić information content (AvgIpc) is 2.61. The van der Waals surface area contributed by atoms with Crippen molar-refractivity contribution in [3.05, 3.63) is 60.3 Å². The van der Waals surface area contributed by atoms with Crippen molar-refractivity contribution in [1.29, 1.82) is 0 Å². The lowest BCUT2D eigenvalue weighted by atomic mass is 10.1. The molecule has 26 heavy (non-hydrogen) atoms. The molecule has 3 aromatic rings. The number of nitrogens with two attached hydrogens (primary N) is 1. The van der Waals surface area contributed by atoms with E-state index in [0.29, 0.717) is 27.8 Å². The number of carbonyl (C=O) groups is 2. The van der Waals surface area contributed by atoms with Gasteiger partial charge in [-0.25, -0.2) is 4.79 Å². The Morgan fingerprint density at radius 1 is 1.00 bits per heavy atom. The molecule has 0 unspecified atom stereocenters. The monoisotopic (exact) mass is 349 g/mol. The van der Waals surface area contributed by atoms with Crippen LogP contribution < -0.4 is 21.3 Å². The molecule has 0 spiro atoms.